The third-order valence-electron chi connectivity index (χ3n) is 3.99. The minimum atomic E-state index is -0.00169. The average Bonchev–Trinajstić information content (AvgIpc) is 2.50. The molecule has 2 rings (SSSR count). The predicted octanol–water partition coefficient (Wildman–Crippen LogP) is 4.77. The molecule has 3 heteroatoms. The first-order valence-corrected chi connectivity index (χ1v) is 7.99. The molecule has 0 radical (unpaired) electrons. The molecule has 116 valence electrons. The van der Waals surface area contributed by atoms with E-state index in [1.54, 1.807) is 0 Å². The van der Waals surface area contributed by atoms with Gasteiger partial charge in [0.05, 0.1) is 12.5 Å². The second kappa shape index (κ2) is 7.46. The smallest absolute Gasteiger partial charge is 0.224 e. The van der Waals surface area contributed by atoms with E-state index in [0.29, 0.717) is 11.4 Å². The molecular formula is C19H22ClNO. The Hall–Kier alpha value is -1.80. The molecule has 2 aromatic rings. The fourth-order valence-corrected chi connectivity index (χ4v) is 2.67. The van der Waals surface area contributed by atoms with Crippen LogP contribution in [0.4, 0.5) is 0 Å². The number of amides is 1. The first-order chi connectivity index (χ1) is 10.5. The number of carbonyl (C=O) groups is 1. The molecule has 0 bridgehead atoms. The second-order valence-corrected chi connectivity index (χ2v) is 6.05. The van der Waals surface area contributed by atoms with Crippen molar-refractivity contribution in [3.63, 3.8) is 0 Å². The number of hydrogen-bond donors (Lipinski definition) is 1. The van der Waals surface area contributed by atoms with Gasteiger partial charge in [-0.25, -0.2) is 0 Å². The lowest BCUT2D eigenvalue weighted by molar-refractivity contribution is -0.121. The normalized spacial score (nSPS) is 12.0. The lowest BCUT2D eigenvalue weighted by atomic mass is 9.99. The van der Waals surface area contributed by atoms with Crippen LogP contribution in [-0.4, -0.2) is 5.91 Å². The van der Waals surface area contributed by atoms with E-state index in [1.807, 2.05) is 24.3 Å². The van der Waals surface area contributed by atoms with Gasteiger partial charge in [-0.15, -0.1) is 0 Å². The zero-order chi connectivity index (χ0) is 16.1. The number of hydrogen-bond acceptors (Lipinski definition) is 1. The van der Waals surface area contributed by atoms with Gasteiger partial charge in [0.1, 0.15) is 0 Å². The van der Waals surface area contributed by atoms with Crippen molar-refractivity contribution < 1.29 is 4.79 Å². The highest BCUT2D eigenvalue weighted by Gasteiger charge is 2.14. The molecule has 0 spiro atoms. The van der Waals surface area contributed by atoms with Crippen molar-refractivity contribution in [3.8, 4) is 0 Å². The van der Waals surface area contributed by atoms with Gasteiger partial charge in [0.25, 0.3) is 0 Å². The van der Waals surface area contributed by atoms with Crippen LogP contribution >= 0.6 is 11.6 Å². The number of carbonyl (C=O) groups excluding carboxylic acids is 1. The van der Waals surface area contributed by atoms with Gasteiger partial charge in [-0.1, -0.05) is 54.9 Å². The number of benzene rings is 2. The van der Waals surface area contributed by atoms with Crippen LogP contribution in [0, 0.1) is 13.8 Å². The Morgan fingerprint density at radius 1 is 1.14 bits per heavy atom. The van der Waals surface area contributed by atoms with Gasteiger partial charge in [0, 0.05) is 5.02 Å². The maximum atomic E-state index is 12.3. The maximum absolute atomic E-state index is 12.3. The Kier molecular flexibility index (Phi) is 5.62. The van der Waals surface area contributed by atoms with Crippen molar-refractivity contribution in [1.29, 1.82) is 0 Å². The first-order valence-electron chi connectivity index (χ1n) is 7.61. The fourth-order valence-electron chi connectivity index (χ4n) is 2.46. The molecule has 0 aliphatic rings. The molecule has 1 atom stereocenters. The van der Waals surface area contributed by atoms with Crippen molar-refractivity contribution in [3.05, 3.63) is 69.7 Å². The molecule has 0 aliphatic carbocycles. The van der Waals surface area contributed by atoms with Crippen molar-refractivity contribution in [2.75, 3.05) is 0 Å². The van der Waals surface area contributed by atoms with E-state index in [4.69, 9.17) is 11.6 Å². The Morgan fingerprint density at radius 2 is 1.86 bits per heavy atom. The molecule has 1 amide bonds. The number of halogens is 1. The van der Waals surface area contributed by atoms with Crippen molar-refractivity contribution in [2.45, 2.75) is 39.7 Å². The quantitative estimate of drug-likeness (QED) is 0.846. The van der Waals surface area contributed by atoms with Crippen LogP contribution < -0.4 is 5.32 Å². The van der Waals surface area contributed by atoms with Crippen molar-refractivity contribution in [1.82, 2.24) is 5.32 Å². The minimum Gasteiger partial charge on any atom is -0.349 e. The van der Waals surface area contributed by atoms with Crippen LogP contribution in [0.2, 0.25) is 5.02 Å². The summed E-state index contributed by atoms with van der Waals surface area (Å²) in [7, 11) is 0. The summed E-state index contributed by atoms with van der Waals surface area (Å²) in [6.07, 6.45) is 1.16. The van der Waals surface area contributed by atoms with Gasteiger partial charge in [0.15, 0.2) is 0 Å². The van der Waals surface area contributed by atoms with Gasteiger partial charge in [-0.2, -0.15) is 0 Å². The molecule has 0 unspecified atom stereocenters. The summed E-state index contributed by atoms with van der Waals surface area (Å²) in [5.74, 6) is -0.00169. The van der Waals surface area contributed by atoms with E-state index in [1.165, 1.54) is 11.1 Å². The topological polar surface area (TPSA) is 29.1 Å². The van der Waals surface area contributed by atoms with E-state index in [9.17, 15) is 4.79 Å². The molecule has 0 aromatic heterocycles. The molecule has 0 fully saturated rings. The van der Waals surface area contributed by atoms with Crippen LogP contribution in [-0.2, 0) is 11.2 Å². The van der Waals surface area contributed by atoms with Crippen LogP contribution in [0.5, 0.6) is 0 Å². The van der Waals surface area contributed by atoms with Gasteiger partial charge in [-0.05, 0) is 48.6 Å². The van der Waals surface area contributed by atoms with E-state index in [2.05, 4.69) is 44.3 Å². The van der Waals surface area contributed by atoms with Crippen LogP contribution in [0.1, 0.15) is 41.6 Å². The summed E-state index contributed by atoms with van der Waals surface area (Å²) in [6.45, 7) is 6.27. The summed E-state index contributed by atoms with van der Waals surface area (Å²) in [4.78, 5) is 12.3. The molecule has 0 aliphatic heterocycles. The second-order valence-electron chi connectivity index (χ2n) is 5.64. The summed E-state index contributed by atoms with van der Waals surface area (Å²) >= 11 is 6.11. The van der Waals surface area contributed by atoms with Crippen LogP contribution in [0.3, 0.4) is 0 Å². The van der Waals surface area contributed by atoms with Gasteiger partial charge < -0.3 is 5.32 Å². The SMILES string of the molecule is CC[C@@H](NC(=O)Cc1ccccc1Cl)c1ccc(C)c(C)c1. The molecule has 0 saturated carbocycles. The zero-order valence-electron chi connectivity index (χ0n) is 13.3. The Balaban J connectivity index is 2.08. The monoisotopic (exact) mass is 315 g/mol. The summed E-state index contributed by atoms with van der Waals surface area (Å²) < 4.78 is 0. The van der Waals surface area contributed by atoms with Crippen LogP contribution in [0.25, 0.3) is 0 Å². The Morgan fingerprint density at radius 3 is 2.50 bits per heavy atom. The van der Waals surface area contributed by atoms with E-state index < -0.39 is 0 Å². The lowest BCUT2D eigenvalue weighted by Gasteiger charge is -2.19. The Labute approximate surface area is 137 Å². The molecule has 0 heterocycles. The lowest BCUT2D eigenvalue weighted by Crippen LogP contribution is -2.29. The minimum absolute atomic E-state index is 0.00169. The highest BCUT2D eigenvalue weighted by Crippen LogP contribution is 2.21. The Bertz CT molecular complexity index is 666. The standard InChI is InChI=1S/C19H22ClNO/c1-4-18(16-10-9-13(2)14(3)11-16)21-19(22)12-15-7-5-6-8-17(15)20/h5-11,18H,4,12H2,1-3H3,(H,21,22)/t18-/m1/s1. The number of rotatable bonds is 5. The molecule has 1 N–H and O–H groups in total. The predicted molar refractivity (Wildman–Crippen MR) is 92.2 cm³/mol. The third kappa shape index (κ3) is 4.11. The molecule has 0 saturated heterocycles. The van der Waals surface area contributed by atoms with Gasteiger partial charge in [0.2, 0.25) is 5.91 Å². The third-order valence-corrected chi connectivity index (χ3v) is 4.35. The summed E-state index contributed by atoms with van der Waals surface area (Å²) in [5, 5.41) is 3.74. The first kappa shape index (κ1) is 16.6. The average molecular weight is 316 g/mol. The molecular weight excluding hydrogens is 294 g/mol. The molecule has 2 aromatic carbocycles. The number of aryl methyl sites for hydroxylation is 2. The van der Waals surface area contributed by atoms with E-state index >= 15 is 0 Å². The summed E-state index contributed by atoms with van der Waals surface area (Å²) in [5.41, 5.74) is 4.52. The van der Waals surface area contributed by atoms with Gasteiger partial charge >= 0.3 is 0 Å². The fraction of sp³-hybridized carbons (Fsp3) is 0.316. The van der Waals surface area contributed by atoms with Crippen LogP contribution in [0.15, 0.2) is 42.5 Å². The van der Waals surface area contributed by atoms with E-state index in [0.717, 1.165) is 17.5 Å². The van der Waals surface area contributed by atoms with Crippen molar-refractivity contribution in [2.24, 2.45) is 0 Å². The highest BCUT2D eigenvalue weighted by atomic mass is 35.5. The maximum Gasteiger partial charge on any atom is 0.224 e. The van der Waals surface area contributed by atoms with Gasteiger partial charge in [-0.3, -0.25) is 4.79 Å². The molecule has 2 nitrogen and oxygen atoms in total. The summed E-state index contributed by atoms with van der Waals surface area (Å²) in [6, 6.07) is 13.8. The molecule has 22 heavy (non-hydrogen) atoms. The van der Waals surface area contributed by atoms with E-state index in [-0.39, 0.29) is 11.9 Å². The van der Waals surface area contributed by atoms with Crippen molar-refractivity contribution >= 4 is 17.5 Å². The zero-order valence-corrected chi connectivity index (χ0v) is 14.1. The highest BCUT2D eigenvalue weighted by molar-refractivity contribution is 6.31. The number of nitrogens with one attached hydrogen (secondary N) is 1. The largest absolute Gasteiger partial charge is 0.349 e.